The van der Waals surface area contributed by atoms with Gasteiger partial charge in [0.15, 0.2) is 0 Å². The molecule has 0 atom stereocenters. The Labute approximate surface area is 171 Å². The van der Waals surface area contributed by atoms with E-state index in [2.05, 4.69) is 11.9 Å². The lowest BCUT2D eigenvalue weighted by Crippen LogP contribution is -2.10. The van der Waals surface area contributed by atoms with Crippen molar-refractivity contribution in [1.29, 1.82) is 5.26 Å². The van der Waals surface area contributed by atoms with Crippen molar-refractivity contribution in [1.82, 2.24) is 4.98 Å². The predicted octanol–water partition coefficient (Wildman–Crippen LogP) is 5.96. The second-order valence-electron chi connectivity index (χ2n) is 6.49. The number of rotatable bonds is 11. The molecule has 0 radical (unpaired) electrons. The Hall–Kier alpha value is -2.58. The zero-order chi connectivity index (χ0) is 20.2. The fourth-order valence-electron chi connectivity index (χ4n) is 2.64. The van der Waals surface area contributed by atoms with Gasteiger partial charge in [-0.15, -0.1) is 0 Å². The molecule has 2 aromatic rings. The van der Waals surface area contributed by atoms with Crippen LogP contribution in [-0.2, 0) is 0 Å². The molecular formula is C22H25ClN2O3. The molecule has 148 valence electrons. The van der Waals surface area contributed by atoms with E-state index in [1.807, 2.05) is 6.07 Å². The number of ether oxygens (including phenoxy) is 2. The molecule has 0 N–H and O–H groups in total. The van der Waals surface area contributed by atoms with E-state index in [0.717, 1.165) is 12.8 Å². The summed E-state index contributed by atoms with van der Waals surface area (Å²) in [6.07, 6.45) is 10.1. The number of benzene rings is 1. The summed E-state index contributed by atoms with van der Waals surface area (Å²) in [6, 6.07) is 9.66. The topological polar surface area (TPSA) is 72.2 Å². The van der Waals surface area contributed by atoms with Gasteiger partial charge in [0.25, 0.3) is 0 Å². The van der Waals surface area contributed by atoms with E-state index >= 15 is 0 Å². The second-order valence-corrected chi connectivity index (χ2v) is 6.90. The van der Waals surface area contributed by atoms with Crippen molar-refractivity contribution in [3.05, 3.63) is 52.8 Å². The van der Waals surface area contributed by atoms with E-state index in [1.54, 1.807) is 12.1 Å². The zero-order valence-corrected chi connectivity index (χ0v) is 16.9. The molecule has 0 aliphatic rings. The van der Waals surface area contributed by atoms with Gasteiger partial charge in [-0.05, 0) is 30.7 Å². The summed E-state index contributed by atoms with van der Waals surface area (Å²) in [5.74, 6) is 0.290. The van der Waals surface area contributed by atoms with Gasteiger partial charge in [-0.2, -0.15) is 5.26 Å². The van der Waals surface area contributed by atoms with Crippen LogP contribution in [0.15, 0.2) is 36.5 Å². The highest BCUT2D eigenvalue weighted by Gasteiger charge is 2.12. The maximum Gasteiger partial charge on any atom is 0.362 e. The Balaban J connectivity index is 1.75. The van der Waals surface area contributed by atoms with Crippen LogP contribution in [-0.4, -0.2) is 17.6 Å². The highest BCUT2D eigenvalue weighted by molar-refractivity contribution is 6.31. The van der Waals surface area contributed by atoms with Crippen LogP contribution in [0.4, 0.5) is 0 Å². The summed E-state index contributed by atoms with van der Waals surface area (Å²) < 4.78 is 10.9. The van der Waals surface area contributed by atoms with Crippen LogP contribution in [0.25, 0.3) is 0 Å². The molecule has 0 aliphatic heterocycles. The van der Waals surface area contributed by atoms with Crippen molar-refractivity contribution in [2.45, 2.75) is 51.9 Å². The maximum absolute atomic E-state index is 12.2. The lowest BCUT2D eigenvalue weighted by Gasteiger charge is -2.07. The van der Waals surface area contributed by atoms with E-state index < -0.39 is 5.97 Å². The fourth-order valence-corrected chi connectivity index (χ4v) is 2.86. The number of hydrogen-bond donors (Lipinski definition) is 0. The van der Waals surface area contributed by atoms with E-state index in [-0.39, 0.29) is 16.5 Å². The van der Waals surface area contributed by atoms with Gasteiger partial charge in [0, 0.05) is 6.07 Å². The lowest BCUT2D eigenvalue weighted by atomic mass is 10.1. The first-order valence-corrected chi connectivity index (χ1v) is 10.0. The molecule has 0 saturated heterocycles. The van der Waals surface area contributed by atoms with E-state index in [0.29, 0.717) is 17.9 Å². The van der Waals surface area contributed by atoms with Gasteiger partial charge >= 0.3 is 5.97 Å². The predicted molar refractivity (Wildman–Crippen MR) is 109 cm³/mol. The van der Waals surface area contributed by atoms with Crippen LogP contribution in [0.1, 0.15) is 67.9 Å². The highest BCUT2D eigenvalue weighted by Crippen LogP contribution is 2.22. The molecular weight excluding hydrogens is 376 g/mol. The maximum atomic E-state index is 12.2. The molecule has 28 heavy (non-hydrogen) atoms. The smallest absolute Gasteiger partial charge is 0.362 e. The minimum absolute atomic E-state index is 0.170. The third-order valence-electron chi connectivity index (χ3n) is 4.23. The molecule has 0 unspecified atom stereocenters. The molecule has 5 nitrogen and oxygen atoms in total. The first-order chi connectivity index (χ1) is 13.6. The number of aromatic nitrogens is 1. The summed E-state index contributed by atoms with van der Waals surface area (Å²) in [6.45, 7) is 2.86. The standard InChI is InChI=1S/C22H25ClN2O3/c1-2-3-4-5-6-7-8-13-27-19-11-12-21(25-16-19)22(26)28-18-10-9-17(15-24)20(23)14-18/h9-12,14,16H,2-8,13H2,1H3. The number of hydrogen-bond acceptors (Lipinski definition) is 5. The van der Waals surface area contributed by atoms with Gasteiger partial charge in [-0.1, -0.05) is 57.0 Å². The van der Waals surface area contributed by atoms with Crippen molar-refractivity contribution in [2.24, 2.45) is 0 Å². The Morgan fingerprint density at radius 1 is 1.07 bits per heavy atom. The van der Waals surface area contributed by atoms with Gasteiger partial charge in [0.2, 0.25) is 0 Å². The van der Waals surface area contributed by atoms with Crippen molar-refractivity contribution in [2.75, 3.05) is 6.61 Å². The molecule has 0 spiro atoms. The van der Waals surface area contributed by atoms with Crippen LogP contribution in [0.5, 0.6) is 11.5 Å². The molecule has 1 heterocycles. The first kappa shape index (κ1) is 21.7. The van der Waals surface area contributed by atoms with E-state index in [9.17, 15) is 4.79 Å². The summed E-state index contributed by atoms with van der Waals surface area (Å²) in [5.41, 5.74) is 0.491. The minimum Gasteiger partial charge on any atom is -0.492 e. The first-order valence-electron chi connectivity index (χ1n) is 9.64. The molecule has 2 rings (SSSR count). The van der Waals surface area contributed by atoms with Gasteiger partial charge in [-0.25, -0.2) is 9.78 Å². The zero-order valence-electron chi connectivity index (χ0n) is 16.1. The third-order valence-corrected chi connectivity index (χ3v) is 4.55. The van der Waals surface area contributed by atoms with Crippen molar-refractivity contribution < 1.29 is 14.3 Å². The summed E-state index contributed by atoms with van der Waals surface area (Å²) in [7, 11) is 0. The number of nitrogens with zero attached hydrogens (tertiary/aromatic N) is 2. The normalized spacial score (nSPS) is 10.3. The fraction of sp³-hybridized carbons (Fsp3) is 0.409. The number of halogens is 1. The largest absolute Gasteiger partial charge is 0.492 e. The van der Waals surface area contributed by atoms with E-state index in [1.165, 1.54) is 56.5 Å². The molecule has 0 saturated carbocycles. The van der Waals surface area contributed by atoms with Crippen molar-refractivity contribution in [3.8, 4) is 17.6 Å². The molecule has 0 aliphatic carbocycles. The Kier molecular flexibility index (Phi) is 9.30. The molecule has 0 fully saturated rings. The average Bonchev–Trinajstić information content (AvgIpc) is 2.70. The minimum atomic E-state index is -0.598. The SMILES string of the molecule is CCCCCCCCCOc1ccc(C(=O)Oc2ccc(C#N)c(Cl)c2)nc1. The average molecular weight is 401 g/mol. The van der Waals surface area contributed by atoms with E-state index in [4.69, 9.17) is 26.3 Å². The monoisotopic (exact) mass is 400 g/mol. The van der Waals surface area contributed by atoms with Gasteiger partial charge in [-0.3, -0.25) is 0 Å². The molecule has 1 aromatic carbocycles. The number of esters is 1. The number of carbonyl (C=O) groups is 1. The summed E-state index contributed by atoms with van der Waals surface area (Å²) in [5, 5.41) is 9.10. The van der Waals surface area contributed by atoms with Crippen LogP contribution >= 0.6 is 11.6 Å². The summed E-state index contributed by atoms with van der Waals surface area (Å²) in [4.78, 5) is 16.3. The van der Waals surface area contributed by atoms with Crippen LogP contribution < -0.4 is 9.47 Å². The van der Waals surface area contributed by atoms with Crippen LogP contribution in [0, 0.1) is 11.3 Å². The molecule has 0 bridgehead atoms. The Morgan fingerprint density at radius 2 is 1.79 bits per heavy atom. The van der Waals surface area contributed by atoms with Crippen molar-refractivity contribution in [3.63, 3.8) is 0 Å². The van der Waals surface area contributed by atoms with Crippen LogP contribution in [0.3, 0.4) is 0 Å². The number of pyridine rings is 1. The lowest BCUT2D eigenvalue weighted by molar-refractivity contribution is 0.0728. The summed E-state index contributed by atoms with van der Waals surface area (Å²) >= 11 is 5.94. The Morgan fingerprint density at radius 3 is 2.43 bits per heavy atom. The quantitative estimate of drug-likeness (QED) is 0.264. The van der Waals surface area contributed by atoms with Gasteiger partial charge in [0.1, 0.15) is 23.3 Å². The molecule has 1 aromatic heterocycles. The van der Waals surface area contributed by atoms with Crippen molar-refractivity contribution >= 4 is 17.6 Å². The third kappa shape index (κ3) is 7.21. The van der Waals surface area contributed by atoms with Gasteiger partial charge in [0.05, 0.1) is 23.4 Å². The van der Waals surface area contributed by atoms with Gasteiger partial charge < -0.3 is 9.47 Å². The Bertz CT molecular complexity index is 800. The number of unbranched alkanes of at least 4 members (excludes halogenated alkanes) is 6. The number of nitriles is 1. The van der Waals surface area contributed by atoms with Crippen LogP contribution in [0.2, 0.25) is 5.02 Å². The second kappa shape index (κ2) is 12.0. The molecule has 0 amide bonds. The number of carbonyl (C=O) groups excluding carboxylic acids is 1. The highest BCUT2D eigenvalue weighted by atomic mass is 35.5. The molecule has 6 heteroatoms.